The van der Waals surface area contributed by atoms with Crippen molar-refractivity contribution in [1.82, 2.24) is 0 Å². The summed E-state index contributed by atoms with van der Waals surface area (Å²) >= 11 is 6.26. The number of rotatable bonds is 4. The summed E-state index contributed by atoms with van der Waals surface area (Å²) in [4.78, 5) is 1.35. The minimum Gasteiger partial charge on any atom is -0.178 e. The Morgan fingerprint density at radius 3 is 2.21 bits per heavy atom. The largest absolute Gasteiger partial charge is 0.178 e. The highest BCUT2D eigenvalue weighted by Gasteiger charge is 2.17. The van der Waals surface area contributed by atoms with Crippen molar-refractivity contribution in [3.8, 4) is 0 Å². The molecule has 0 aromatic heterocycles. The van der Waals surface area contributed by atoms with Crippen LogP contribution in [-0.2, 0) is 5.41 Å². The molecule has 0 atom stereocenters. The van der Waals surface area contributed by atoms with E-state index < -0.39 is 0 Å². The molecule has 14 heavy (non-hydrogen) atoms. The minimum atomic E-state index is 0.179. The Balaban J connectivity index is 2.82. The lowest BCUT2D eigenvalue weighted by atomic mass is 9.87. The van der Waals surface area contributed by atoms with E-state index in [1.54, 1.807) is 0 Å². The molecule has 1 rings (SSSR count). The second kappa shape index (κ2) is 5.13. The molecule has 0 unspecified atom stereocenters. The Kier molecular flexibility index (Phi) is 4.39. The lowest BCUT2D eigenvalue weighted by molar-refractivity contribution is 0.603. The molecule has 0 amide bonds. The predicted octanol–water partition coefficient (Wildman–Crippen LogP) is 4.01. The fourth-order valence-electron chi connectivity index (χ4n) is 1.26. The van der Waals surface area contributed by atoms with Crippen LogP contribution < -0.4 is 0 Å². The zero-order chi connectivity index (χ0) is 10.6. The van der Waals surface area contributed by atoms with Gasteiger partial charge in [0.05, 0.1) is 0 Å². The topological polar surface area (TPSA) is 0 Å². The molecule has 0 saturated heterocycles. The van der Waals surface area contributed by atoms with Crippen LogP contribution in [0.1, 0.15) is 26.3 Å². The number of thioether (sulfide) groups is 1. The number of benzene rings is 1. The zero-order valence-corrected chi connectivity index (χ0v) is 10.8. The van der Waals surface area contributed by atoms with Gasteiger partial charge in [-0.2, -0.15) is 12.6 Å². The Morgan fingerprint density at radius 1 is 1.21 bits per heavy atom. The van der Waals surface area contributed by atoms with Crippen LogP contribution in [0.5, 0.6) is 0 Å². The van der Waals surface area contributed by atoms with Gasteiger partial charge in [0.15, 0.2) is 0 Å². The smallest absolute Gasteiger partial charge is 0.00720 e. The summed E-state index contributed by atoms with van der Waals surface area (Å²) in [5, 5.41) is 0. The van der Waals surface area contributed by atoms with Gasteiger partial charge in [0.2, 0.25) is 0 Å². The van der Waals surface area contributed by atoms with Gasteiger partial charge in [0.1, 0.15) is 0 Å². The summed E-state index contributed by atoms with van der Waals surface area (Å²) in [6.07, 6.45) is 0. The van der Waals surface area contributed by atoms with Crippen molar-refractivity contribution in [2.75, 3.05) is 11.5 Å². The normalized spacial score (nSPS) is 11.7. The van der Waals surface area contributed by atoms with Crippen LogP contribution in [0.4, 0.5) is 0 Å². The summed E-state index contributed by atoms with van der Waals surface area (Å²) in [7, 11) is 0. The molecule has 78 valence electrons. The molecular weight excluding hydrogens is 208 g/mol. The maximum Gasteiger partial charge on any atom is 0.00720 e. The van der Waals surface area contributed by atoms with Crippen LogP contribution >= 0.6 is 24.4 Å². The SMILES string of the molecule is CCSc1ccc(C(C)(C)CS)cc1. The second-order valence-electron chi connectivity index (χ2n) is 4.00. The maximum atomic E-state index is 4.37. The average molecular weight is 226 g/mol. The van der Waals surface area contributed by atoms with Gasteiger partial charge < -0.3 is 0 Å². The fourth-order valence-corrected chi connectivity index (χ4v) is 2.10. The molecule has 0 bridgehead atoms. The van der Waals surface area contributed by atoms with Gasteiger partial charge in [0, 0.05) is 4.90 Å². The van der Waals surface area contributed by atoms with Gasteiger partial charge in [-0.25, -0.2) is 0 Å². The molecule has 0 saturated carbocycles. The van der Waals surface area contributed by atoms with Gasteiger partial charge >= 0.3 is 0 Å². The standard InChI is InChI=1S/C12H18S2/c1-4-14-11-7-5-10(6-8-11)12(2,3)9-13/h5-8,13H,4,9H2,1-3H3. The number of hydrogen-bond acceptors (Lipinski definition) is 2. The molecule has 0 aliphatic carbocycles. The highest BCUT2D eigenvalue weighted by molar-refractivity contribution is 7.99. The number of hydrogen-bond donors (Lipinski definition) is 1. The van der Waals surface area contributed by atoms with Gasteiger partial charge in [-0.1, -0.05) is 32.9 Å². The van der Waals surface area contributed by atoms with Gasteiger partial charge in [-0.05, 0) is 34.6 Å². The molecule has 0 N–H and O–H groups in total. The molecule has 0 heterocycles. The van der Waals surface area contributed by atoms with E-state index in [-0.39, 0.29) is 5.41 Å². The third-order valence-corrected chi connectivity index (χ3v) is 4.03. The Morgan fingerprint density at radius 2 is 1.79 bits per heavy atom. The quantitative estimate of drug-likeness (QED) is 0.598. The Labute approximate surface area is 96.9 Å². The van der Waals surface area contributed by atoms with E-state index in [2.05, 4.69) is 57.7 Å². The van der Waals surface area contributed by atoms with E-state index in [0.29, 0.717) is 0 Å². The molecule has 0 fully saturated rings. The molecule has 2 heteroatoms. The van der Waals surface area contributed by atoms with Crippen molar-refractivity contribution in [3.05, 3.63) is 29.8 Å². The van der Waals surface area contributed by atoms with Crippen LogP contribution in [0.15, 0.2) is 29.2 Å². The van der Waals surface area contributed by atoms with E-state index in [1.807, 2.05) is 11.8 Å². The van der Waals surface area contributed by atoms with Crippen LogP contribution in [0, 0.1) is 0 Å². The molecular formula is C12H18S2. The summed E-state index contributed by atoms with van der Waals surface area (Å²) in [5.41, 5.74) is 1.55. The molecule has 0 spiro atoms. The minimum absolute atomic E-state index is 0.179. The third kappa shape index (κ3) is 2.96. The summed E-state index contributed by atoms with van der Waals surface area (Å²) in [5.74, 6) is 2.02. The van der Waals surface area contributed by atoms with E-state index in [9.17, 15) is 0 Å². The predicted molar refractivity (Wildman–Crippen MR) is 69.7 cm³/mol. The first-order valence-electron chi connectivity index (χ1n) is 4.94. The highest BCUT2D eigenvalue weighted by atomic mass is 32.2. The first kappa shape index (κ1) is 12.0. The van der Waals surface area contributed by atoms with E-state index in [0.717, 1.165) is 11.5 Å². The summed E-state index contributed by atoms with van der Waals surface area (Å²) < 4.78 is 0. The first-order valence-corrected chi connectivity index (χ1v) is 6.56. The van der Waals surface area contributed by atoms with E-state index in [4.69, 9.17) is 0 Å². The van der Waals surface area contributed by atoms with Gasteiger partial charge in [-0.3, -0.25) is 0 Å². The van der Waals surface area contributed by atoms with Crippen molar-refractivity contribution < 1.29 is 0 Å². The lowest BCUT2D eigenvalue weighted by Crippen LogP contribution is -2.18. The van der Waals surface area contributed by atoms with E-state index >= 15 is 0 Å². The van der Waals surface area contributed by atoms with Crippen LogP contribution in [-0.4, -0.2) is 11.5 Å². The van der Waals surface area contributed by atoms with Crippen molar-refractivity contribution in [2.24, 2.45) is 0 Å². The third-order valence-electron chi connectivity index (χ3n) is 2.34. The monoisotopic (exact) mass is 226 g/mol. The van der Waals surface area contributed by atoms with Crippen molar-refractivity contribution in [1.29, 1.82) is 0 Å². The lowest BCUT2D eigenvalue weighted by Gasteiger charge is -2.22. The van der Waals surface area contributed by atoms with Crippen molar-refractivity contribution in [3.63, 3.8) is 0 Å². The van der Waals surface area contributed by atoms with Crippen molar-refractivity contribution >= 4 is 24.4 Å². The molecule has 0 aliphatic rings. The van der Waals surface area contributed by atoms with Crippen LogP contribution in [0.2, 0.25) is 0 Å². The summed E-state index contributed by atoms with van der Waals surface area (Å²) in [6, 6.07) is 8.84. The van der Waals surface area contributed by atoms with Crippen LogP contribution in [0.25, 0.3) is 0 Å². The van der Waals surface area contributed by atoms with Crippen LogP contribution in [0.3, 0.4) is 0 Å². The highest BCUT2D eigenvalue weighted by Crippen LogP contribution is 2.26. The Bertz CT molecular complexity index is 275. The molecule has 0 radical (unpaired) electrons. The van der Waals surface area contributed by atoms with Gasteiger partial charge in [0.25, 0.3) is 0 Å². The molecule has 1 aromatic rings. The van der Waals surface area contributed by atoms with E-state index in [1.165, 1.54) is 10.5 Å². The zero-order valence-electron chi connectivity index (χ0n) is 9.08. The Hall–Kier alpha value is -0.0800. The molecule has 0 aliphatic heterocycles. The number of thiol groups is 1. The van der Waals surface area contributed by atoms with Gasteiger partial charge in [-0.15, -0.1) is 11.8 Å². The molecule has 1 aromatic carbocycles. The second-order valence-corrected chi connectivity index (χ2v) is 5.65. The fraction of sp³-hybridized carbons (Fsp3) is 0.500. The summed E-state index contributed by atoms with van der Waals surface area (Å²) in [6.45, 7) is 6.63. The van der Waals surface area contributed by atoms with Crippen molar-refractivity contribution in [2.45, 2.75) is 31.1 Å². The average Bonchev–Trinajstić information content (AvgIpc) is 2.19. The maximum absolute atomic E-state index is 4.37. The molecule has 0 nitrogen and oxygen atoms in total. The first-order chi connectivity index (χ1) is 6.60.